The van der Waals surface area contributed by atoms with Gasteiger partial charge in [0.25, 0.3) is 5.91 Å². The lowest BCUT2D eigenvalue weighted by molar-refractivity contribution is -0.110. The number of nitrogens with one attached hydrogen (secondary N) is 2. The largest absolute Gasteiger partial charge is 0.388 e. The Bertz CT molecular complexity index is 672. The third-order valence-electron chi connectivity index (χ3n) is 5.40. The Morgan fingerprint density at radius 2 is 2.12 bits per heavy atom. The van der Waals surface area contributed by atoms with Gasteiger partial charge in [-0.05, 0) is 25.9 Å². The molecular weight excluding hydrogens is 322 g/mol. The summed E-state index contributed by atoms with van der Waals surface area (Å²) in [6.45, 7) is 3.35. The first kappa shape index (κ1) is 16.5. The molecule has 1 aromatic rings. The molecule has 0 saturated carbocycles. The molecule has 136 valence electrons. The summed E-state index contributed by atoms with van der Waals surface area (Å²) in [5, 5.41) is 14.9. The van der Waals surface area contributed by atoms with Crippen LogP contribution in [0.25, 0.3) is 0 Å². The summed E-state index contributed by atoms with van der Waals surface area (Å²) in [7, 11) is 1.85. The zero-order valence-electron chi connectivity index (χ0n) is 14.6. The van der Waals surface area contributed by atoms with Crippen molar-refractivity contribution in [2.45, 2.75) is 43.6 Å². The van der Waals surface area contributed by atoms with Crippen LogP contribution in [0, 0.1) is 0 Å². The van der Waals surface area contributed by atoms with E-state index >= 15 is 0 Å². The van der Waals surface area contributed by atoms with Gasteiger partial charge in [0.15, 0.2) is 0 Å². The molecule has 8 nitrogen and oxygen atoms in total. The highest BCUT2D eigenvalue weighted by molar-refractivity contribution is 6.43. The Labute approximate surface area is 146 Å². The molecule has 2 fully saturated rings. The van der Waals surface area contributed by atoms with Crippen LogP contribution in [0.5, 0.6) is 0 Å². The van der Waals surface area contributed by atoms with E-state index in [0.717, 1.165) is 57.7 Å². The first-order valence-corrected chi connectivity index (χ1v) is 9.04. The number of carbonyl (C=O) groups is 1. The van der Waals surface area contributed by atoms with E-state index in [4.69, 9.17) is 9.57 Å². The fourth-order valence-corrected chi connectivity index (χ4v) is 3.78. The second-order valence-electron chi connectivity index (χ2n) is 7.16. The van der Waals surface area contributed by atoms with Crippen molar-refractivity contribution in [3.05, 3.63) is 11.8 Å². The van der Waals surface area contributed by atoms with E-state index in [2.05, 4.69) is 20.9 Å². The van der Waals surface area contributed by atoms with Crippen LogP contribution in [0.2, 0.25) is 0 Å². The third-order valence-corrected chi connectivity index (χ3v) is 5.40. The van der Waals surface area contributed by atoms with Gasteiger partial charge in [-0.1, -0.05) is 5.16 Å². The van der Waals surface area contributed by atoms with Gasteiger partial charge in [-0.3, -0.25) is 9.48 Å². The minimum absolute atomic E-state index is 0.197. The molecule has 0 aliphatic carbocycles. The molecule has 1 amide bonds. The topological polar surface area (TPSA) is 89.8 Å². The maximum Gasteiger partial charge on any atom is 0.274 e. The lowest BCUT2D eigenvalue weighted by Crippen LogP contribution is -2.42. The highest BCUT2D eigenvalue weighted by Crippen LogP contribution is 2.33. The van der Waals surface area contributed by atoms with Gasteiger partial charge < -0.3 is 20.2 Å². The van der Waals surface area contributed by atoms with Crippen molar-refractivity contribution in [3.63, 3.8) is 0 Å². The van der Waals surface area contributed by atoms with Crippen LogP contribution < -0.4 is 10.6 Å². The highest BCUT2D eigenvalue weighted by atomic mass is 16.7. The zero-order valence-corrected chi connectivity index (χ0v) is 14.6. The van der Waals surface area contributed by atoms with Gasteiger partial charge in [0.05, 0.1) is 5.69 Å². The normalized spacial score (nSPS) is 23.3. The Morgan fingerprint density at radius 1 is 1.36 bits per heavy atom. The number of aryl methyl sites for hydroxylation is 1. The van der Waals surface area contributed by atoms with E-state index in [9.17, 15) is 4.79 Å². The zero-order chi connectivity index (χ0) is 17.3. The number of nitrogens with zero attached hydrogens (tertiary/aromatic N) is 3. The number of oxime groups is 1. The molecule has 3 aliphatic heterocycles. The molecule has 0 bridgehead atoms. The summed E-state index contributed by atoms with van der Waals surface area (Å²) in [5.41, 5.74) is 1.19. The molecule has 0 unspecified atom stereocenters. The second-order valence-corrected chi connectivity index (χ2v) is 7.16. The maximum absolute atomic E-state index is 12.6. The molecular formula is C17H25N5O3. The summed E-state index contributed by atoms with van der Waals surface area (Å²) in [5.74, 6) is 0.896. The first-order valence-electron chi connectivity index (χ1n) is 9.04. The van der Waals surface area contributed by atoms with E-state index in [1.54, 1.807) is 4.68 Å². The summed E-state index contributed by atoms with van der Waals surface area (Å²) >= 11 is 0. The molecule has 4 heterocycles. The Balaban J connectivity index is 1.40. The molecule has 0 atom stereocenters. The molecule has 0 radical (unpaired) electrons. The van der Waals surface area contributed by atoms with Crippen LogP contribution >= 0.6 is 0 Å². The standard InChI is InChI=1S/C17H25N5O3/c1-22-15(10-13(20-22)12-2-8-24-9-3-12)19-16(23)14-11-17(25-21-14)4-6-18-7-5-17/h10,12,18H,2-9,11H2,1H3,(H,19,23). The number of hydrogen-bond donors (Lipinski definition) is 2. The molecule has 25 heavy (non-hydrogen) atoms. The molecule has 1 aromatic heterocycles. The summed E-state index contributed by atoms with van der Waals surface area (Å²) in [4.78, 5) is 18.2. The Hall–Kier alpha value is -1.93. The summed E-state index contributed by atoms with van der Waals surface area (Å²) in [6.07, 6.45) is 4.29. The quantitative estimate of drug-likeness (QED) is 0.856. The second kappa shape index (κ2) is 6.76. The minimum atomic E-state index is -0.294. The number of carbonyl (C=O) groups excluding carboxylic acids is 1. The lowest BCUT2D eigenvalue weighted by atomic mass is 9.87. The first-order chi connectivity index (χ1) is 12.2. The predicted molar refractivity (Wildman–Crippen MR) is 92.6 cm³/mol. The predicted octanol–water partition coefficient (Wildman–Crippen LogP) is 1.15. The SMILES string of the molecule is Cn1nc(C2CCOCC2)cc1NC(=O)C1=NOC2(CCNCC2)C1. The molecule has 0 aromatic carbocycles. The molecule has 3 aliphatic rings. The van der Waals surface area contributed by atoms with Crippen molar-refractivity contribution >= 4 is 17.4 Å². The van der Waals surface area contributed by atoms with Crippen molar-refractivity contribution < 1.29 is 14.4 Å². The average Bonchev–Trinajstić information content (AvgIpc) is 3.21. The van der Waals surface area contributed by atoms with Crippen molar-refractivity contribution in [2.24, 2.45) is 12.2 Å². The van der Waals surface area contributed by atoms with Gasteiger partial charge >= 0.3 is 0 Å². The number of rotatable bonds is 3. The Morgan fingerprint density at radius 3 is 2.88 bits per heavy atom. The number of amides is 1. The van der Waals surface area contributed by atoms with Crippen molar-refractivity contribution in [1.82, 2.24) is 15.1 Å². The third kappa shape index (κ3) is 3.41. The van der Waals surface area contributed by atoms with Crippen molar-refractivity contribution in [2.75, 3.05) is 31.6 Å². The van der Waals surface area contributed by atoms with Gasteiger partial charge in [-0.15, -0.1) is 0 Å². The average molecular weight is 347 g/mol. The number of hydrogen-bond acceptors (Lipinski definition) is 6. The summed E-state index contributed by atoms with van der Waals surface area (Å²) in [6, 6.07) is 1.96. The number of aromatic nitrogens is 2. The molecule has 2 N–H and O–H groups in total. The lowest BCUT2D eigenvalue weighted by Gasteiger charge is -2.30. The fourth-order valence-electron chi connectivity index (χ4n) is 3.78. The van der Waals surface area contributed by atoms with Gasteiger partial charge in [-0.2, -0.15) is 5.10 Å². The van der Waals surface area contributed by atoms with Gasteiger partial charge in [0.2, 0.25) is 0 Å². The van der Waals surface area contributed by atoms with Crippen molar-refractivity contribution in [1.29, 1.82) is 0 Å². The smallest absolute Gasteiger partial charge is 0.274 e. The molecule has 4 rings (SSSR count). The number of ether oxygens (including phenoxy) is 1. The monoisotopic (exact) mass is 347 g/mol. The fraction of sp³-hybridized carbons (Fsp3) is 0.706. The van der Waals surface area contributed by atoms with Crippen LogP contribution in [0.1, 0.15) is 43.7 Å². The maximum atomic E-state index is 12.6. The molecule has 2 saturated heterocycles. The van der Waals surface area contributed by atoms with Crippen LogP contribution in [0.15, 0.2) is 11.2 Å². The van der Waals surface area contributed by atoms with Gasteiger partial charge in [0.1, 0.15) is 17.1 Å². The van der Waals surface area contributed by atoms with E-state index in [1.165, 1.54) is 0 Å². The number of anilines is 1. The molecule has 1 spiro atoms. The Kier molecular flexibility index (Phi) is 4.47. The van der Waals surface area contributed by atoms with E-state index in [-0.39, 0.29) is 11.5 Å². The van der Waals surface area contributed by atoms with E-state index in [0.29, 0.717) is 23.9 Å². The number of piperidine rings is 1. The van der Waals surface area contributed by atoms with E-state index in [1.807, 2.05) is 13.1 Å². The highest BCUT2D eigenvalue weighted by Gasteiger charge is 2.42. The van der Waals surface area contributed by atoms with Crippen LogP contribution in [-0.4, -0.2) is 53.3 Å². The summed E-state index contributed by atoms with van der Waals surface area (Å²) < 4.78 is 7.13. The van der Waals surface area contributed by atoms with Crippen LogP contribution in [-0.2, 0) is 21.4 Å². The van der Waals surface area contributed by atoms with Crippen LogP contribution in [0.4, 0.5) is 5.82 Å². The minimum Gasteiger partial charge on any atom is -0.388 e. The van der Waals surface area contributed by atoms with Crippen molar-refractivity contribution in [3.8, 4) is 0 Å². The van der Waals surface area contributed by atoms with Gasteiger partial charge in [-0.25, -0.2) is 0 Å². The van der Waals surface area contributed by atoms with Crippen LogP contribution in [0.3, 0.4) is 0 Å². The van der Waals surface area contributed by atoms with E-state index < -0.39 is 0 Å². The van der Waals surface area contributed by atoms with Gasteiger partial charge in [0, 0.05) is 51.5 Å². The molecule has 8 heteroatoms.